The van der Waals surface area contributed by atoms with Crippen molar-refractivity contribution in [3.05, 3.63) is 36.6 Å². The molecule has 1 heterocycles. The normalized spacial score (nSPS) is 16.9. The third kappa shape index (κ3) is 1.22. The molecular weight excluding hydrogens is 107 g/mol. The van der Waals surface area contributed by atoms with Crippen LogP contribution in [0.15, 0.2) is 36.6 Å². The Bertz CT molecular complexity index is 156. The van der Waals surface area contributed by atoms with Gasteiger partial charge in [0, 0.05) is 6.08 Å². The lowest BCUT2D eigenvalue weighted by Gasteiger charge is -1.87. The summed E-state index contributed by atoms with van der Waals surface area (Å²) in [5.41, 5.74) is 0. The second-order valence-corrected chi connectivity index (χ2v) is 1.30. The molecule has 0 bridgehead atoms. The van der Waals surface area contributed by atoms with E-state index in [1.54, 1.807) is 18.2 Å². The van der Waals surface area contributed by atoms with Crippen molar-refractivity contribution in [1.29, 1.82) is 0 Å². The van der Waals surface area contributed by atoms with Crippen LogP contribution in [0, 0.1) is 0 Å². The smallest absolute Gasteiger partial charge is 0.277 e. The monoisotopic (exact) mass is 112 g/mol. The van der Waals surface area contributed by atoms with E-state index < -0.39 is 6.01 Å². The van der Waals surface area contributed by atoms with E-state index in [9.17, 15) is 4.39 Å². The van der Waals surface area contributed by atoms with Gasteiger partial charge in [0.15, 0.2) is 0 Å². The molecule has 0 aromatic heterocycles. The third-order valence-electron chi connectivity index (χ3n) is 0.709. The fourth-order valence-corrected chi connectivity index (χ4v) is 0.384. The van der Waals surface area contributed by atoms with Gasteiger partial charge in [-0.2, -0.15) is 4.39 Å². The first-order valence-electron chi connectivity index (χ1n) is 2.25. The van der Waals surface area contributed by atoms with Gasteiger partial charge in [-0.3, -0.25) is 0 Å². The minimum Gasteiger partial charge on any atom is -0.440 e. The van der Waals surface area contributed by atoms with Crippen LogP contribution >= 0.6 is 0 Å². The Morgan fingerprint density at radius 3 is 3.00 bits per heavy atom. The molecule has 0 N–H and O–H groups in total. The molecule has 1 nitrogen and oxygen atoms in total. The molecule has 8 heavy (non-hydrogen) atoms. The molecule has 1 rings (SSSR count). The lowest BCUT2D eigenvalue weighted by molar-refractivity contribution is 0.248. The van der Waals surface area contributed by atoms with Gasteiger partial charge in [0.05, 0.1) is 6.26 Å². The van der Waals surface area contributed by atoms with Crippen LogP contribution < -0.4 is 0 Å². The average molecular weight is 112 g/mol. The van der Waals surface area contributed by atoms with Crippen LogP contribution in [0.4, 0.5) is 4.39 Å². The molecule has 0 saturated carbocycles. The minimum absolute atomic E-state index is 0.574. The molecule has 0 saturated heterocycles. The highest BCUT2D eigenvalue weighted by atomic mass is 19.1. The van der Waals surface area contributed by atoms with Crippen LogP contribution in [0.1, 0.15) is 0 Å². The molecule has 0 atom stereocenters. The Balaban J connectivity index is 2.69. The van der Waals surface area contributed by atoms with E-state index in [1.807, 2.05) is 0 Å². The number of allylic oxidation sites excluding steroid dienone is 4. The van der Waals surface area contributed by atoms with Crippen LogP contribution in [0.25, 0.3) is 0 Å². The molecule has 42 valence electrons. The summed E-state index contributed by atoms with van der Waals surface area (Å²) in [5.74, 6) is 0. The van der Waals surface area contributed by atoms with Crippen molar-refractivity contribution in [3.8, 4) is 0 Å². The van der Waals surface area contributed by atoms with E-state index in [-0.39, 0.29) is 0 Å². The van der Waals surface area contributed by atoms with Gasteiger partial charge in [-0.25, -0.2) is 0 Å². The number of ether oxygens (including phenoxy) is 1. The first-order valence-corrected chi connectivity index (χ1v) is 2.25. The van der Waals surface area contributed by atoms with Crippen molar-refractivity contribution in [3.63, 3.8) is 0 Å². The van der Waals surface area contributed by atoms with Crippen molar-refractivity contribution in [1.82, 2.24) is 0 Å². The zero-order valence-electron chi connectivity index (χ0n) is 4.17. The molecular formula is C6H5FO. The SMILES string of the molecule is FC1=CC=CC=CO1. The predicted molar refractivity (Wildman–Crippen MR) is 28.6 cm³/mol. The Morgan fingerprint density at radius 2 is 2.12 bits per heavy atom. The van der Waals surface area contributed by atoms with Crippen molar-refractivity contribution >= 4 is 0 Å². The van der Waals surface area contributed by atoms with Crippen LogP contribution in [-0.4, -0.2) is 0 Å². The summed E-state index contributed by atoms with van der Waals surface area (Å²) in [5, 5.41) is 0. The maximum absolute atomic E-state index is 12.0. The molecule has 2 heteroatoms. The topological polar surface area (TPSA) is 9.23 Å². The Kier molecular flexibility index (Phi) is 1.47. The molecule has 0 radical (unpaired) electrons. The average Bonchev–Trinajstić information content (AvgIpc) is 1.94. The predicted octanol–water partition coefficient (Wildman–Crippen LogP) is 1.90. The maximum Gasteiger partial charge on any atom is 0.277 e. The molecule has 0 spiro atoms. The highest BCUT2D eigenvalue weighted by Crippen LogP contribution is 2.02. The molecule has 0 fully saturated rings. The van der Waals surface area contributed by atoms with E-state index in [1.165, 1.54) is 12.3 Å². The summed E-state index contributed by atoms with van der Waals surface area (Å²) in [6, 6.07) is -0.574. The second-order valence-electron chi connectivity index (χ2n) is 1.30. The van der Waals surface area contributed by atoms with Gasteiger partial charge < -0.3 is 4.74 Å². The zero-order valence-corrected chi connectivity index (χ0v) is 4.17. The van der Waals surface area contributed by atoms with Gasteiger partial charge in [-0.05, 0) is 6.08 Å². The number of hydrogen-bond acceptors (Lipinski definition) is 1. The first-order chi connectivity index (χ1) is 3.89. The molecule has 1 aliphatic heterocycles. The van der Waals surface area contributed by atoms with Crippen LogP contribution in [-0.2, 0) is 4.74 Å². The standard InChI is InChI=1S/C6H5FO/c7-6-4-2-1-3-5-8-6/h1-5H. The maximum atomic E-state index is 12.0. The van der Waals surface area contributed by atoms with Crippen LogP contribution in [0.2, 0.25) is 0 Å². The Morgan fingerprint density at radius 1 is 1.25 bits per heavy atom. The zero-order chi connectivity index (χ0) is 5.82. The van der Waals surface area contributed by atoms with E-state index in [0.29, 0.717) is 0 Å². The Labute approximate surface area is 46.8 Å². The van der Waals surface area contributed by atoms with Gasteiger partial charge >= 0.3 is 0 Å². The Hall–Kier alpha value is -1.05. The summed E-state index contributed by atoms with van der Waals surface area (Å²) in [7, 11) is 0. The number of rotatable bonds is 0. The van der Waals surface area contributed by atoms with Crippen molar-refractivity contribution in [2.24, 2.45) is 0 Å². The van der Waals surface area contributed by atoms with Gasteiger partial charge in [0.2, 0.25) is 0 Å². The van der Waals surface area contributed by atoms with E-state index >= 15 is 0 Å². The van der Waals surface area contributed by atoms with Crippen molar-refractivity contribution in [2.75, 3.05) is 0 Å². The molecule has 0 aliphatic carbocycles. The molecule has 0 aromatic carbocycles. The second kappa shape index (κ2) is 2.31. The summed E-state index contributed by atoms with van der Waals surface area (Å²) < 4.78 is 16.3. The van der Waals surface area contributed by atoms with E-state index in [2.05, 4.69) is 4.74 Å². The van der Waals surface area contributed by atoms with Crippen molar-refractivity contribution < 1.29 is 9.13 Å². The fourth-order valence-electron chi connectivity index (χ4n) is 0.384. The number of hydrogen-bond donors (Lipinski definition) is 0. The van der Waals surface area contributed by atoms with E-state index in [0.717, 1.165) is 0 Å². The lowest BCUT2D eigenvalue weighted by atomic mass is 10.5. The van der Waals surface area contributed by atoms with Crippen LogP contribution in [0.3, 0.4) is 0 Å². The number of halogens is 1. The van der Waals surface area contributed by atoms with E-state index in [4.69, 9.17) is 0 Å². The lowest BCUT2D eigenvalue weighted by Crippen LogP contribution is -1.70. The summed E-state index contributed by atoms with van der Waals surface area (Å²) >= 11 is 0. The molecule has 0 aromatic rings. The summed E-state index contributed by atoms with van der Waals surface area (Å²) in [6.45, 7) is 0. The molecule has 1 aliphatic rings. The summed E-state index contributed by atoms with van der Waals surface area (Å²) in [4.78, 5) is 0. The quantitative estimate of drug-likeness (QED) is 0.465. The fraction of sp³-hybridized carbons (Fsp3) is 0. The summed E-state index contributed by atoms with van der Waals surface area (Å²) in [6.07, 6.45) is 7.41. The molecule has 0 unspecified atom stereocenters. The van der Waals surface area contributed by atoms with Gasteiger partial charge in [0.25, 0.3) is 6.01 Å². The van der Waals surface area contributed by atoms with Gasteiger partial charge in [0.1, 0.15) is 0 Å². The largest absolute Gasteiger partial charge is 0.440 e. The first kappa shape index (κ1) is 5.09. The highest BCUT2D eigenvalue weighted by molar-refractivity contribution is 5.13. The minimum atomic E-state index is -0.574. The van der Waals surface area contributed by atoms with Crippen molar-refractivity contribution in [2.45, 2.75) is 0 Å². The van der Waals surface area contributed by atoms with Crippen LogP contribution in [0.5, 0.6) is 0 Å². The third-order valence-corrected chi connectivity index (χ3v) is 0.709. The highest BCUT2D eigenvalue weighted by Gasteiger charge is 1.88. The van der Waals surface area contributed by atoms with Gasteiger partial charge in [-0.1, -0.05) is 12.2 Å². The van der Waals surface area contributed by atoms with Gasteiger partial charge in [-0.15, -0.1) is 0 Å². The molecule has 0 amide bonds.